The van der Waals surface area contributed by atoms with Gasteiger partial charge in [-0.1, -0.05) is 29.3 Å². The molecule has 0 atom stereocenters. The van der Waals surface area contributed by atoms with Gasteiger partial charge in [-0.15, -0.1) is 0 Å². The predicted octanol–water partition coefficient (Wildman–Crippen LogP) is 4.84. The van der Waals surface area contributed by atoms with Crippen molar-refractivity contribution in [2.75, 3.05) is 5.32 Å². The molecule has 0 aliphatic heterocycles. The molecule has 29 heavy (non-hydrogen) atoms. The Morgan fingerprint density at radius 3 is 2.38 bits per heavy atom. The zero-order chi connectivity index (χ0) is 21.3. The summed E-state index contributed by atoms with van der Waals surface area (Å²) < 4.78 is 17.5. The smallest absolute Gasteiger partial charge is 0.226 e. The lowest BCUT2D eigenvalue weighted by Crippen LogP contribution is -2.16. The van der Waals surface area contributed by atoms with Crippen molar-refractivity contribution in [1.82, 2.24) is 19.6 Å². The first kappa shape index (κ1) is 21.3. The third kappa shape index (κ3) is 4.46. The molecule has 0 unspecified atom stereocenters. The van der Waals surface area contributed by atoms with Gasteiger partial charge >= 0.3 is 0 Å². The second kappa shape index (κ2) is 8.55. The van der Waals surface area contributed by atoms with Crippen LogP contribution in [0, 0.1) is 33.5 Å². The Labute approximate surface area is 178 Å². The molecule has 154 valence electrons. The SMILES string of the molecule is Cc1nn(CCC(=O)Nc2c(C)nn(Cc3c(F)cccc3Cl)c2C)c(C)c1Cl. The van der Waals surface area contributed by atoms with Gasteiger partial charge in [0.2, 0.25) is 5.91 Å². The van der Waals surface area contributed by atoms with Gasteiger partial charge in [0.15, 0.2) is 0 Å². The number of halogens is 3. The molecular weight excluding hydrogens is 416 g/mol. The van der Waals surface area contributed by atoms with Crippen LogP contribution in [-0.4, -0.2) is 25.5 Å². The fourth-order valence-electron chi connectivity index (χ4n) is 3.17. The summed E-state index contributed by atoms with van der Waals surface area (Å²) in [6.45, 7) is 7.91. The van der Waals surface area contributed by atoms with E-state index in [0.717, 1.165) is 17.1 Å². The van der Waals surface area contributed by atoms with Crippen LogP contribution in [0.2, 0.25) is 10.0 Å². The monoisotopic (exact) mass is 437 g/mol. The van der Waals surface area contributed by atoms with Crippen LogP contribution in [-0.2, 0) is 17.9 Å². The molecule has 0 bridgehead atoms. The van der Waals surface area contributed by atoms with E-state index in [0.29, 0.717) is 33.5 Å². The summed E-state index contributed by atoms with van der Waals surface area (Å²) in [6.07, 6.45) is 0.238. The highest BCUT2D eigenvalue weighted by atomic mass is 35.5. The number of nitrogens with one attached hydrogen (secondary N) is 1. The van der Waals surface area contributed by atoms with Gasteiger partial charge in [0.05, 0.1) is 46.6 Å². The first-order chi connectivity index (χ1) is 13.7. The quantitative estimate of drug-likeness (QED) is 0.599. The first-order valence-corrected chi connectivity index (χ1v) is 9.91. The zero-order valence-corrected chi connectivity index (χ0v) is 18.2. The lowest BCUT2D eigenvalue weighted by atomic mass is 10.2. The Balaban J connectivity index is 1.71. The van der Waals surface area contributed by atoms with E-state index in [4.69, 9.17) is 23.2 Å². The van der Waals surface area contributed by atoms with Crippen molar-refractivity contribution in [3.8, 4) is 0 Å². The minimum Gasteiger partial charge on any atom is -0.323 e. The highest BCUT2D eigenvalue weighted by Crippen LogP contribution is 2.25. The minimum atomic E-state index is -0.390. The van der Waals surface area contributed by atoms with Crippen molar-refractivity contribution in [1.29, 1.82) is 0 Å². The van der Waals surface area contributed by atoms with Gasteiger partial charge in [-0.05, 0) is 39.8 Å². The molecule has 0 aliphatic rings. The molecule has 0 fully saturated rings. The average molecular weight is 438 g/mol. The number of benzene rings is 1. The number of aryl methyl sites for hydroxylation is 3. The standard InChI is InChI=1S/C20H22Cl2FN5O/c1-11-19(22)13(3)27(25-11)9-8-18(29)24-20-12(2)26-28(14(20)4)10-15-16(21)6-5-7-17(15)23/h5-7H,8-10H2,1-4H3,(H,24,29). The van der Waals surface area contributed by atoms with Crippen LogP contribution in [0.15, 0.2) is 18.2 Å². The van der Waals surface area contributed by atoms with Crippen LogP contribution >= 0.6 is 23.2 Å². The van der Waals surface area contributed by atoms with Crippen molar-refractivity contribution in [2.24, 2.45) is 0 Å². The first-order valence-electron chi connectivity index (χ1n) is 9.15. The van der Waals surface area contributed by atoms with Crippen molar-refractivity contribution >= 4 is 34.8 Å². The molecule has 9 heteroatoms. The Kier molecular flexibility index (Phi) is 6.29. The summed E-state index contributed by atoms with van der Waals surface area (Å²) in [6, 6.07) is 4.56. The summed E-state index contributed by atoms with van der Waals surface area (Å²) >= 11 is 12.3. The lowest BCUT2D eigenvalue weighted by molar-refractivity contribution is -0.116. The number of aromatic nitrogens is 4. The van der Waals surface area contributed by atoms with Crippen LogP contribution in [0.3, 0.4) is 0 Å². The zero-order valence-electron chi connectivity index (χ0n) is 16.7. The Bertz CT molecular complexity index is 1050. The molecule has 0 saturated carbocycles. The van der Waals surface area contributed by atoms with Crippen molar-refractivity contribution in [3.63, 3.8) is 0 Å². The van der Waals surface area contributed by atoms with E-state index < -0.39 is 0 Å². The van der Waals surface area contributed by atoms with Crippen LogP contribution < -0.4 is 5.32 Å². The third-order valence-corrected chi connectivity index (χ3v) is 5.76. The van der Waals surface area contributed by atoms with Gasteiger partial charge in [0.1, 0.15) is 5.82 Å². The van der Waals surface area contributed by atoms with E-state index in [9.17, 15) is 9.18 Å². The largest absolute Gasteiger partial charge is 0.323 e. The molecule has 2 aromatic heterocycles. The summed E-state index contributed by atoms with van der Waals surface area (Å²) in [5.74, 6) is -0.553. The maximum absolute atomic E-state index is 14.1. The maximum Gasteiger partial charge on any atom is 0.226 e. The van der Waals surface area contributed by atoms with Gasteiger partial charge in [0.25, 0.3) is 0 Å². The number of carbonyl (C=O) groups is 1. The van der Waals surface area contributed by atoms with Gasteiger partial charge in [-0.3, -0.25) is 14.2 Å². The highest BCUT2D eigenvalue weighted by Gasteiger charge is 2.17. The van der Waals surface area contributed by atoms with Crippen LogP contribution in [0.4, 0.5) is 10.1 Å². The van der Waals surface area contributed by atoms with Gasteiger partial charge < -0.3 is 5.32 Å². The predicted molar refractivity (Wildman–Crippen MR) is 112 cm³/mol. The average Bonchev–Trinajstić information content (AvgIpc) is 3.07. The van der Waals surface area contributed by atoms with Crippen molar-refractivity contribution < 1.29 is 9.18 Å². The summed E-state index contributed by atoms with van der Waals surface area (Å²) in [4.78, 5) is 12.5. The fourth-order valence-corrected chi connectivity index (χ4v) is 3.53. The van der Waals surface area contributed by atoms with E-state index in [1.165, 1.54) is 6.07 Å². The molecule has 6 nitrogen and oxygen atoms in total. The van der Waals surface area contributed by atoms with Crippen molar-refractivity contribution in [2.45, 2.75) is 47.2 Å². The maximum atomic E-state index is 14.1. The molecule has 1 aromatic carbocycles. The number of hydrogen-bond acceptors (Lipinski definition) is 3. The summed E-state index contributed by atoms with van der Waals surface area (Å²) in [7, 11) is 0. The topological polar surface area (TPSA) is 64.7 Å². The Hall–Kier alpha value is -2.38. The van der Waals surface area contributed by atoms with E-state index in [1.54, 1.807) is 28.4 Å². The molecule has 1 amide bonds. The number of hydrogen-bond donors (Lipinski definition) is 1. The van der Waals surface area contributed by atoms with E-state index in [-0.39, 0.29) is 24.7 Å². The van der Waals surface area contributed by atoms with Crippen LogP contribution in [0.25, 0.3) is 0 Å². The number of anilines is 1. The number of carbonyl (C=O) groups excluding carboxylic acids is 1. The second-order valence-electron chi connectivity index (χ2n) is 6.91. The Morgan fingerprint density at radius 2 is 1.76 bits per heavy atom. The molecule has 0 aliphatic carbocycles. The molecule has 3 rings (SSSR count). The van der Waals surface area contributed by atoms with E-state index >= 15 is 0 Å². The molecular formula is C20H22Cl2FN5O. The number of nitrogens with zero attached hydrogens (tertiary/aromatic N) is 4. The number of amides is 1. The lowest BCUT2D eigenvalue weighted by Gasteiger charge is -2.09. The molecule has 2 heterocycles. The third-order valence-electron chi connectivity index (χ3n) is 4.86. The minimum absolute atomic E-state index is 0.164. The second-order valence-corrected chi connectivity index (χ2v) is 7.69. The molecule has 0 radical (unpaired) electrons. The van der Waals surface area contributed by atoms with Gasteiger partial charge in [0, 0.05) is 17.0 Å². The van der Waals surface area contributed by atoms with Crippen LogP contribution in [0.5, 0.6) is 0 Å². The summed E-state index contributed by atoms with van der Waals surface area (Å²) in [5.41, 5.74) is 3.93. The molecule has 3 aromatic rings. The van der Waals surface area contributed by atoms with E-state index in [2.05, 4.69) is 15.5 Å². The Morgan fingerprint density at radius 1 is 1.07 bits per heavy atom. The molecule has 0 saturated heterocycles. The van der Waals surface area contributed by atoms with Crippen LogP contribution in [0.1, 0.15) is 34.8 Å². The van der Waals surface area contributed by atoms with Crippen molar-refractivity contribution in [3.05, 3.63) is 62.4 Å². The summed E-state index contributed by atoms with van der Waals surface area (Å²) in [5, 5.41) is 12.6. The number of rotatable bonds is 6. The van der Waals surface area contributed by atoms with Gasteiger partial charge in [-0.25, -0.2) is 4.39 Å². The van der Waals surface area contributed by atoms with Gasteiger partial charge in [-0.2, -0.15) is 10.2 Å². The normalized spacial score (nSPS) is 11.1. The van der Waals surface area contributed by atoms with E-state index in [1.807, 2.05) is 20.8 Å². The highest BCUT2D eigenvalue weighted by molar-refractivity contribution is 6.32. The molecule has 0 spiro atoms. The molecule has 1 N–H and O–H groups in total. The fraction of sp³-hybridized carbons (Fsp3) is 0.350.